The summed E-state index contributed by atoms with van der Waals surface area (Å²) in [7, 11) is 3.23. The molecule has 9 heteroatoms. The molecule has 1 unspecified atom stereocenters. The summed E-state index contributed by atoms with van der Waals surface area (Å²) in [4.78, 5) is 33.0. The van der Waals surface area contributed by atoms with Crippen LogP contribution in [-0.2, 0) is 16.0 Å². The Kier molecular flexibility index (Phi) is 10.1. The van der Waals surface area contributed by atoms with Crippen molar-refractivity contribution in [2.24, 2.45) is 0 Å². The maximum absolute atomic E-state index is 13.7. The van der Waals surface area contributed by atoms with Gasteiger partial charge in [0.2, 0.25) is 11.8 Å². The van der Waals surface area contributed by atoms with Gasteiger partial charge in [0.1, 0.15) is 18.0 Å². The van der Waals surface area contributed by atoms with Gasteiger partial charge in [-0.2, -0.15) is 0 Å². The van der Waals surface area contributed by atoms with Gasteiger partial charge in [0.05, 0.1) is 32.4 Å². The van der Waals surface area contributed by atoms with Crippen LogP contribution in [-0.4, -0.2) is 78.8 Å². The van der Waals surface area contributed by atoms with Gasteiger partial charge < -0.3 is 24.2 Å². The molecule has 1 atom stereocenters. The quantitative estimate of drug-likeness (QED) is 0.255. The Morgan fingerprint density at radius 2 is 1.59 bits per heavy atom. The summed E-state index contributed by atoms with van der Waals surface area (Å²) < 4.78 is 10.8. The first-order valence-electron chi connectivity index (χ1n) is 14.9. The zero-order chi connectivity index (χ0) is 30.9. The zero-order valence-electron chi connectivity index (χ0n) is 25.6. The first kappa shape index (κ1) is 30.5. The maximum Gasteiger partial charge on any atom is 0.242 e. The average molecular weight is 594 g/mol. The van der Waals surface area contributed by atoms with Gasteiger partial charge in [-0.15, -0.1) is 10.2 Å². The number of hydrogen-bond acceptors (Lipinski definition) is 7. The lowest BCUT2D eigenvalue weighted by atomic mass is 10.0. The van der Waals surface area contributed by atoms with Crippen LogP contribution in [0.3, 0.4) is 0 Å². The van der Waals surface area contributed by atoms with Crippen molar-refractivity contribution in [1.29, 1.82) is 0 Å². The van der Waals surface area contributed by atoms with Crippen molar-refractivity contribution in [3.63, 3.8) is 0 Å². The highest BCUT2D eigenvalue weighted by molar-refractivity contribution is 5.86. The molecule has 0 bridgehead atoms. The normalized spacial score (nSPS) is 14.0. The number of nitrogens with zero attached hydrogens (tertiary/aromatic N) is 5. The van der Waals surface area contributed by atoms with Gasteiger partial charge in [0.25, 0.3) is 0 Å². The van der Waals surface area contributed by atoms with Gasteiger partial charge in [-0.3, -0.25) is 9.59 Å². The van der Waals surface area contributed by atoms with Crippen molar-refractivity contribution in [2.45, 2.75) is 25.8 Å². The molecule has 9 nitrogen and oxygen atoms in total. The van der Waals surface area contributed by atoms with E-state index in [1.54, 1.807) is 19.1 Å². The van der Waals surface area contributed by atoms with E-state index in [0.29, 0.717) is 36.8 Å². The van der Waals surface area contributed by atoms with Crippen LogP contribution in [0.4, 0.5) is 5.82 Å². The van der Waals surface area contributed by atoms with Crippen molar-refractivity contribution in [3.05, 3.63) is 102 Å². The zero-order valence-corrected chi connectivity index (χ0v) is 25.6. The van der Waals surface area contributed by atoms with Crippen LogP contribution >= 0.6 is 0 Å². The summed E-state index contributed by atoms with van der Waals surface area (Å²) in [6.07, 6.45) is 1.03. The molecule has 4 aromatic rings. The number of aromatic nitrogens is 2. The Bertz CT molecular complexity index is 1530. The largest absolute Gasteiger partial charge is 0.497 e. The molecule has 1 saturated heterocycles. The van der Waals surface area contributed by atoms with E-state index in [1.807, 2.05) is 103 Å². The summed E-state index contributed by atoms with van der Waals surface area (Å²) >= 11 is 0. The van der Waals surface area contributed by atoms with Gasteiger partial charge >= 0.3 is 0 Å². The molecule has 5 rings (SSSR count). The topological polar surface area (TPSA) is 88.1 Å². The minimum Gasteiger partial charge on any atom is -0.497 e. The smallest absolute Gasteiger partial charge is 0.242 e. The number of carbonyl (C=O) groups excluding carboxylic acids is 2. The number of anilines is 1. The molecule has 0 radical (unpaired) electrons. The van der Waals surface area contributed by atoms with Crippen molar-refractivity contribution < 1.29 is 19.1 Å². The van der Waals surface area contributed by atoms with Crippen LogP contribution in [0, 0.1) is 0 Å². The highest BCUT2D eigenvalue weighted by Crippen LogP contribution is 2.32. The van der Waals surface area contributed by atoms with E-state index in [4.69, 9.17) is 9.47 Å². The van der Waals surface area contributed by atoms with Crippen LogP contribution in [0.25, 0.3) is 11.3 Å². The Labute approximate surface area is 259 Å². The Morgan fingerprint density at radius 1 is 0.841 bits per heavy atom. The molecular weight excluding hydrogens is 554 g/mol. The number of hydrogen-bond donors (Lipinski definition) is 0. The van der Waals surface area contributed by atoms with E-state index in [1.165, 1.54) is 0 Å². The van der Waals surface area contributed by atoms with Crippen molar-refractivity contribution in [3.8, 4) is 22.8 Å². The Morgan fingerprint density at radius 3 is 2.27 bits per heavy atom. The number of ether oxygens (including phenoxy) is 2. The summed E-state index contributed by atoms with van der Waals surface area (Å²) in [6, 6.07) is 28.8. The summed E-state index contributed by atoms with van der Waals surface area (Å²) in [5, 5.41) is 8.99. The van der Waals surface area contributed by atoms with Crippen molar-refractivity contribution in [1.82, 2.24) is 20.0 Å². The molecule has 2 heterocycles. The van der Waals surface area contributed by atoms with Crippen LogP contribution in [0.2, 0.25) is 0 Å². The molecule has 0 aliphatic carbocycles. The fraction of sp³-hybridized carbons (Fsp3) is 0.314. The van der Waals surface area contributed by atoms with Crippen LogP contribution in [0.1, 0.15) is 30.5 Å². The van der Waals surface area contributed by atoms with Gasteiger partial charge in [-0.1, -0.05) is 60.7 Å². The van der Waals surface area contributed by atoms with Gasteiger partial charge in [-0.25, -0.2) is 0 Å². The van der Waals surface area contributed by atoms with E-state index in [-0.39, 0.29) is 30.8 Å². The van der Waals surface area contributed by atoms with Gasteiger partial charge in [0, 0.05) is 37.8 Å². The third-order valence-corrected chi connectivity index (χ3v) is 8.08. The van der Waals surface area contributed by atoms with E-state index in [9.17, 15) is 9.59 Å². The predicted molar refractivity (Wildman–Crippen MR) is 171 cm³/mol. The minimum atomic E-state index is -0.238. The van der Waals surface area contributed by atoms with Crippen LogP contribution in [0.15, 0.2) is 91.0 Å². The molecule has 3 aromatic carbocycles. The summed E-state index contributed by atoms with van der Waals surface area (Å²) in [5.74, 6) is 2.00. The average Bonchev–Trinajstić information content (AvgIpc) is 3.34. The fourth-order valence-corrected chi connectivity index (χ4v) is 5.51. The van der Waals surface area contributed by atoms with E-state index >= 15 is 0 Å². The summed E-state index contributed by atoms with van der Waals surface area (Å²) in [6.45, 7) is 4.54. The standard InChI is InChI=1S/C35H39N5O4/c1-26(28-13-8-5-9-14-28)40(34(41)23-27-11-6-4-7-12-27)25-35(42)39-20-10-19-38(21-22-39)33-18-17-31(36-37-33)30-16-15-29(43-2)24-32(30)44-3/h4-9,11-18,24,26H,10,19-23,25H2,1-3H3. The first-order chi connectivity index (χ1) is 21.5. The lowest BCUT2D eigenvalue weighted by Gasteiger charge is -2.32. The lowest BCUT2D eigenvalue weighted by molar-refractivity contribution is -0.142. The molecule has 0 spiro atoms. The minimum absolute atomic E-state index is 0.0277. The molecular formula is C35H39N5O4. The molecule has 1 aromatic heterocycles. The Balaban J connectivity index is 1.25. The van der Waals surface area contributed by atoms with E-state index in [0.717, 1.165) is 35.5 Å². The number of methoxy groups -OCH3 is 2. The number of benzene rings is 3. The van der Waals surface area contributed by atoms with Gasteiger partial charge in [0.15, 0.2) is 5.82 Å². The lowest BCUT2D eigenvalue weighted by Crippen LogP contribution is -2.45. The van der Waals surface area contributed by atoms with E-state index in [2.05, 4.69) is 15.1 Å². The summed E-state index contributed by atoms with van der Waals surface area (Å²) in [5.41, 5.74) is 3.46. The highest BCUT2D eigenvalue weighted by Gasteiger charge is 2.28. The highest BCUT2D eigenvalue weighted by atomic mass is 16.5. The third kappa shape index (κ3) is 7.34. The molecule has 1 fully saturated rings. The molecule has 0 saturated carbocycles. The molecule has 2 amide bonds. The van der Waals surface area contributed by atoms with Crippen molar-refractivity contribution in [2.75, 3.05) is 51.8 Å². The fourth-order valence-electron chi connectivity index (χ4n) is 5.51. The molecule has 0 N–H and O–H groups in total. The SMILES string of the molecule is COc1ccc(-c2ccc(N3CCCN(C(=O)CN(C(=O)Cc4ccccc4)C(C)c4ccccc4)CC3)nn2)c(OC)c1. The monoisotopic (exact) mass is 593 g/mol. The van der Waals surface area contributed by atoms with Crippen LogP contribution < -0.4 is 14.4 Å². The number of rotatable bonds is 10. The first-order valence-corrected chi connectivity index (χ1v) is 14.9. The molecule has 228 valence electrons. The predicted octanol–water partition coefficient (Wildman–Crippen LogP) is 5.03. The Hall–Kier alpha value is -4.92. The second-order valence-electron chi connectivity index (χ2n) is 10.8. The molecule has 1 aliphatic rings. The third-order valence-electron chi connectivity index (χ3n) is 8.08. The van der Waals surface area contributed by atoms with Crippen molar-refractivity contribution >= 4 is 17.6 Å². The number of amides is 2. The second-order valence-corrected chi connectivity index (χ2v) is 10.8. The van der Waals surface area contributed by atoms with Crippen LogP contribution in [0.5, 0.6) is 11.5 Å². The molecule has 1 aliphatic heterocycles. The van der Waals surface area contributed by atoms with Gasteiger partial charge in [-0.05, 0) is 48.7 Å². The van der Waals surface area contributed by atoms with E-state index < -0.39 is 0 Å². The second kappa shape index (κ2) is 14.5. The molecule has 44 heavy (non-hydrogen) atoms. The number of carbonyl (C=O) groups is 2. The maximum atomic E-state index is 13.7.